The van der Waals surface area contributed by atoms with Gasteiger partial charge in [0, 0.05) is 5.02 Å². The van der Waals surface area contributed by atoms with Crippen molar-refractivity contribution in [3.8, 4) is 17.2 Å². The molecule has 0 unspecified atom stereocenters. The zero-order valence-electron chi connectivity index (χ0n) is 16.5. The van der Waals surface area contributed by atoms with Crippen LogP contribution >= 0.6 is 23.4 Å². The molecular weight excluding hydrogens is 452 g/mol. The van der Waals surface area contributed by atoms with Crippen LogP contribution in [-0.2, 0) is 16.1 Å². The van der Waals surface area contributed by atoms with Crippen LogP contribution in [0.25, 0.3) is 5.69 Å². The van der Waals surface area contributed by atoms with E-state index < -0.39 is 12.6 Å². The van der Waals surface area contributed by atoms with Gasteiger partial charge in [0.15, 0.2) is 16.7 Å². The van der Waals surface area contributed by atoms with Gasteiger partial charge in [-0.15, -0.1) is 10.2 Å². The Bertz CT molecular complexity index is 1060. The summed E-state index contributed by atoms with van der Waals surface area (Å²) in [4.78, 5) is 12.1. The van der Waals surface area contributed by atoms with Crippen LogP contribution in [0.3, 0.4) is 0 Å². The van der Waals surface area contributed by atoms with Gasteiger partial charge in [-0.05, 0) is 42.3 Å². The van der Waals surface area contributed by atoms with Crippen molar-refractivity contribution in [3.05, 3.63) is 58.9 Å². The summed E-state index contributed by atoms with van der Waals surface area (Å²) in [6.07, 6.45) is 1.53. The van der Waals surface area contributed by atoms with Crippen LogP contribution < -0.4 is 9.47 Å². The molecule has 1 aromatic heterocycles. The number of thioether (sulfide) groups is 1. The lowest BCUT2D eigenvalue weighted by molar-refractivity contribution is -0.141. The average molecular weight is 470 g/mol. The minimum Gasteiger partial charge on any atom is -0.493 e. The van der Waals surface area contributed by atoms with Gasteiger partial charge in [0.25, 0.3) is 0 Å². The fourth-order valence-corrected chi connectivity index (χ4v) is 3.46. The SMILES string of the molecule is COc1cc(COC(=O)CSc2nncn2-c2ccc(C)c(Cl)c2)ccc1OC(F)F. The van der Waals surface area contributed by atoms with Gasteiger partial charge in [0.1, 0.15) is 12.9 Å². The highest BCUT2D eigenvalue weighted by Gasteiger charge is 2.14. The maximum absolute atomic E-state index is 12.4. The third-order valence-electron chi connectivity index (χ3n) is 4.11. The molecule has 0 spiro atoms. The summed E-state index contributed by atoms with van der Waals surface area (Å²) in [7, 11) is 1.33. The maximum Gasteiger partial charge on any atom is 0.387 e. The van der Waals surface area contributed by atoms with E-state index in [1.165, 1.54) is 31.6 Å². The molecule has 3 aromatic rings. The second-order valence-electron chi connectivity index (χ2n) is 6.23. The van der Waals surface area contributed by atoms with E-state index in [1.807, 2.05) is 19.1 Å². The Morgan fingerprint density at radius 3 is 2.74 bits per heavy atom. The Balaban J connectivity index is 1.57. The van der Waals surface area contributed by atoms with Crippen LogP contribution in [0.4, 0.5) is 8.78 Å². The Morgan fingerprint density at radius 1 is 1.23 bits per heavy atom. The van der Waals surface area contributed by atoms with Gasteiger partial charge in [0.2, 0.25) is 0 Å². The summed E-state index contributed by atoms with van der Waals surface area (Å²) in [5.41, 5.74) is 2.28. The Hall–Kier alpha value is -2.85. The highest BCUT2D eigenvalue weighted by molar-refractivity contribution is 7.99. The van der Waals surface area contributed by atoms with E-state index in [0.29, 0.717) is 15.7 Å². The van der Waals surface area contributed by atoms with Crippen molar-refractivity contribution in [2.75, 3.05) is 12.9 Å². The number of esters is 1. The number of halogens is 3. The first-order chi connectivity index (χ1) is 14.9. The van der Waals surface area contributed by atoms with E-state index >= 15 is 0 Å². The number of hydrogen-bond acceptors (Lipinski definition) is 7. The zero-order valence-corrected chi connectivity index (χ0v) is 18.1. The lowest BCUT2D eigenvalue weighted by atomic mass is 10.2. The third kappa shape index (κ3) is 6.08. The van der Waals surface area contributed by atoms with E-state index in [2.05, 4.69) is 14.9 Å². The van der Waals surface area contributed by atoms with Crippen LogP contribution in [0, 0.1) is 6.92 Å². The first-order valence-corrected chi connectivity index (χ1v) is 10.3. The van der Waals surface area contributed by atoms with Crippen LogP contribution in [0.5, 0.6) is 11.5 Å². The van der Waals surface area contributed by atoms with Crippen molar-refractivity contribution in [1.29, 1.82) is 0 Å². The molecule has 31 heavy (non-hydrogen) atoms. The minimum absolute atomic E-state index is 0.00198. The van der Waals surface area contributed by atoms with Gasteiger partial charge in [-0.3, -0.25) is 9.36 Å². The molecule has 1 heterocycles. The molecule has 0 N–H and O–H groups in total. The fraction of sp³-hybridized carbons (Fsp3) is 0.250. The number of nitrogens with zero attached hydrogens (tertiary/aromatic N) is 3. The van der Waals surface area contributed by atoms with E-state index in [1.54, 1.807) is 10.6 Å². The Morgan fingerprint density at radius 2 is 2.03 bits per heavy atom. The fourth-order valence-electron chi connectivity index (χ4n) is 2.56. The number of aryl methyl sites for hydroxylation is 1. The van der Waals surface area contributed by atoms with Crippen LogP contribution in [0.15, 0.2) is 47.9 Å². The summed E-state index contributed by atoms with van der Waals surface area (Å²) >= 11 is 7.34. The molecule has 2 aromatic carbocycles. The van der Waals surface area contributed by atoms with Gasteiger partial charge >= 0.3 is 12.6 Å². The molecular formula is C20H18ClF2N3O4S. The van der Waals surface area contributed by atoms with Crippen molar-refractivity contribution in [2.45, 2.75) is 25.3 Å². The Kier molecular flexibility index (Phi) is 7.69. The molecule has 0 radical (unpaired) electrons. The zero-order chi connectivity index (χ0) is 22.4. The number of alkyl halides is 2. The van der Waals surface area contributed by atoms with E-state index in [4.69, 9.17) is 21.1 Å². The molecule has 0 bridgehead atoms. The van der Waals surface area contributed by atoms with E-state index in [0.717, 1.165) is 23.0 Å². The summed E-state index contributed by atoms with van der Waals surface area (Å²) in [5.74, 6) is -0.456. The molecule has 3 rings (SSSR count). The van der Waals surface area contributed by atoms with Crippen molar-refractivity contribution < 1.29 is 27.8 Å². The third-order valence-corrected chi connectivity index (χ3v) is 5.44. The van der Waals surface area contributed by atoms with Crippen molar-refractivity contribution >= 4 is 29.3 Å². The maximum atomic E-state index is 12.4. The van der Waals surface area contributed by atoms with Crippen LogP contribution in [0.2, 0.25) is 5.02 Å². The van der Waals surface area contributed by atoms with E-state index in [-0.39, 0.29) is 23.9 Å². The topological polar surface area (TPSA) is 75.5 Å². The largest absolute Gasteiger partial charge is 0.493 e. The lowest BCUT2D eigenvalue weighted by Gasteiger charge is -2.11. The summed E-state index contributed by atoms with van der Waals surface area (Å²) < 4.78 is 41.2. The number of carbonyl (C=O) groups is 1. The van der Waals surface area contributed by atoms with Gasteiger partial charge in [0.05, 0.1) is 18.6 Å². The molecule has 11 heteroatoms. The molecule has 0 saturated heterocycles. The predicted molar refractivity (Wildman–Crippen MR) is 111 cm³/mol. The van der Waals surface area contributed by atoms with Gasteiger partial charge < -0.3 is 14.2 Å². The van der Waals surface area contributed by atoms with Crippen molar-refractivity contribution in [1.82, 2.24) is 14.8 Å². The predicted octanol–water partition coefficient (Wildman–Crippen LogP) is 4.67. The first-order valence-electron chi connectivity index (χ1n) is 8.94. The first kappa shape index (κ1) is 22.8. The summed E-state index contributed by atoms with van der Waals surface area (Å²) in [6.45, 7) is -1.11. The summed E-state index contributed by atoms with van der Waals surface area (Å²) in [5, 5.41) is 9.03. The van der Waals surface area contributed by atoms with Gasteiger partial charge in [-0.2, -0.15) is 8.78 Å². The lowest BCUT2D eigenvalue weighted by Crippen LogP contribution is -2.09. The number of benzene rings is 2. The van der Waals surface area contributed by atoms with Gasteiger partial charge in [-0.1, -0.05) is 35.5 Å². The van der Waals surface area contributed by atoms with Gasteiger partial charge in [-0.25, -0.2) is 0 Å². The average Bonchev–Trinajstić information content (AvgIpc) is 3.21. The minimum atomic E-state index is -2.97. The van der Waals surface area contributed by atoms with Crippen molar-refractivity contribution in [2.24, 2.45) is 0 Å². The quantitative estimate of drug-likeness (QED) is 0.333. The van der Waals surface area contributed by atoms with Crippen molar-refractivity contribution in [3.63, 3.8) is 0 Å². The number of hydrogen-bond donors (Lipinski definition) is 0. The number of carbonyl (C=O) groups excluding carboxylic acids is 1. The molecule has 0 atom stereocenters. The summed E-state index contributed by atoms with van der Waals surface area (Å²) in [6, 6.07) is 9.86. The van der Waals surface area contributed by atoms with Crippen LogP contribution in [-0.4, -0.2) is 40.2 Å². The Labute approximate surface area is 186 Å². The second kappa shape index (κ2) is 10.5. The molecule has 7 nitrogen and oxygen atoms in total. The van der Waals surface area contributed by atoms with E-state index in [9.17, 15) is 13.6 Å². The number of ether oxygens (including phenoxy) is 3. The molecule has 0 aliphatic heterocycles. The standard InChI is InChI=1S/C20H18ClF2N3O4S/c1-12-3-5-14(8-15(12)21)26-11-24-25-20(26)31-10-18(27)29-9-13-4-6-16(30-19(22)23)17(7-13)28-2/h3-8,11,19H,9-10H2,1-2H3. The van der Waals surface area contributed by atoms with Crippen LogP contribution in [0.1, 0.15) is 11.1 Å². The highest BCUT2D eigenvalue weighted by Crippen LogP contribution is 2.30. The number of rotatable bonds is 9. The molecule has 0 aliphatic carbocycles. The number of methoxy groups -OCH3 is 1. The molecule has 164 valence electrons. The molecule has 0 aliphatic rings. The monoisotopic (exact) mass is 469 g/mol. The smallest absolute Gasteiger partial charge is 0.387 e. The number of aromatic nitrogens is 3. The molecule has 0 amide bonds. The molecule has 0 fully saturated rings. The normalized spacial score (nSPS) is 10.9. The highest BCUT2D eigenvalue weighted by atomic mass is 35.5. The second-order valence-corrected chi connectivity index (χ2v) is 7.58. The molecule has 0 saturated carbocycles.